The molecule has 94 valence electrons. The van der Waals surface area contributed by atoms with E-state index in [9.17, 15) is 19.7 Å². The zero-order valence-electron chi connectivity index (χ0n) is 9.33. The number of aromatic nitrogens is 2. The van der Waals surface area contributed by atoms with E-state index in [0.717, 1.165) is 10.8 Å². The van der Waals surface area contributed by atoms with Gasteiger partial charge >= 0.3 is 16.9 Å². The molecular formula is C9H13N3O5. The van der Waals surface area contributed by atoms with Gasteiger partial charge in [0.2, 0.25) is 0 Å². The normalized spacial score (nSPS) is 10.5. The van der Waals surface area contributed by atoms with Gasteiger partial charge < -0.3 is 5.11 Å². The largest absolute Gasteiger partial charge is 0.395 e. The highest BCUT2D eigenvalue weighted by Gasteiger charge is 2.19. The zero-order valence-corrected chi connectivity index (χ0v) is 9.33. The standard InChI is InChI=1S/C9H13N3O5/c1-2-3-10-6-7(12(16)17)8(14)11(4-5-13)9(10)15/h6,13H,2-5H2,1H3. The molecule has 1 N–H and O–H groups in total. The molecule has 0 radical (unpaired) electrons. The Morgan fingerprint density at radius 3 is 2.53 bits per heavy atom. The van der Waals surface area contributed by atoms with Crippen molar-refractivity contribution in [2.75, 3.05) is 6.61 Å². The van der Waals surface area contributed by atoms with Gasteiger partial charge in [-0.15, -0.1) is 0 Å². The van der Waals surface area contributed by atoms with Crippen molar-refractivity contribution in [3.63, 3.8) is 0 Å². The van der Waals surface area contributed by atoms with Gasteiger partial charge in [0.25, 0.3) is 0 Å². The van der Waals surface area contributed by atoms with Crippen molar-refractivity contribution in [2.45, 2.75) is 26.4 Å². The summed E-state index contributed by atoms with van der Waals surface area (Å²) in [6.07, 6.45) is 1.55. The number of aryl methyl sites for hydroxylation is 1. The third-order valence-corrected chi connectivity index (χ3v) is 2.20. The second kappa shape index (κ2) is 5.39. The minimum Gasteiger partial charge on any atom is -0.395 e. The Morgan fingerprint density at radius 2 is 2.06 bits per heavy atom. The number of rotatable bonds is 5. The number of aliphatic hydroxyl groups excluding tert-OH is 1. The first-order chi connectivity index (χ1) is 8.02. The van der Waals surface area contributed by atoms with Crippen LogP contribution < -0.4 is 11.2 Å². The average molecular weight is 243 g/mol. The van der Waals surface area contributed by atoms with E-state index in [1.54, 1.807) is 6.92 Å². The SMILES string of the molecule is CCCn1cc([N+](=O)[O-])c(=O)n(CCO)c1=O. The van der Waals surface area contributed by atoms with Crippen LogP contribution in [0, 0.1) is 10.1 Å². The molecule has 1 aromatic heterocycles. The van der Waals surface area contributed by atoms with Gasteiger partial charge in [-0.05, 0) is 6.42 Å². The van der Waals surface area contributed by atoms with E-state index in [2.05, 4.69) is 0 Å². The molecular weight excluding hydrogens is 230 g/mol. The fourth-order valence-electron chi connectivity index (χ4n) is 1.46. The van der Waals surface area contributed by atoms with Crippen molar-refractivity contribution in [3.8, 4) is 0 Å². The van der Waals surface area contributed by atoms with E-state index in [4.69, 9.17) is 5.11 Å². The predicted molar refractivity (Wildman–Crippen MR) is 59.0 cm³/mol. The maximum Gasteiger partial charge on any atom is 0.350 e. The van der Waals surface area contributed by atoms with Gasteiger partial charge in [-0.25, -0.2) is 4.79 Å². The fraction of sp³-hybridized carbons (Fsp3) is 0.556. The number of nitrogens with zero attached hydrogens (tertiary/aromatic N) is 3. The van der Waals surface area contributed by atoms with Crippen molar-refractivity contribution in [3.05, 3.63) is 37.1 Å². The Kier molecular flexibility index (Phi) is 4.16. The molecule has 0 saturated carbocycles. The Balaban J connectivity index is 3.52. The molecule has 0 aliphatic heterocycles. The second-order valence-electron chi connectivity index (χ2n) is 3.43. The van der Waals surface area contributed by atoms with Gasteiger partial charge in [0, 0.05) is 6.54 Å². The molecule has 0 unspecified atom stereocenters. The Morgan fingerprint density at radius 1 is 1.41 bits per heavy atom. The third kappa shape index (κ3) is 2.59. The van der Waals surface area contributed by atoms with Crippen molar-refractivity contribution < 1.29 is 10.0 Å². The Hall–Kier alpha value is -1.96. The van der Waals surface area contributed by atoms with Crippen LogP contribution in [0.25, 0.3) is 0 Å². The lowest BCUT2D eigenvalue weighted by Gasteiger charge is -2.07. The first kappa shape index (κ1) is 13.1. The molecule has 8 heteroatoms. The Labute approximate surface area is 95.9 Å². The maximum absolute atomic E-state index is 11.7. The van der Waals surface area contributed by atoms with Crippen molar-refractivity contribution in [1.29, 1.82) is 0 Å². The molecule has 0 amide bonds. The first-order valence-corrected chi connectivity index (χ1v) is 5.12. The van der Waals surface area contributed by atoms with Crippen LogP contribution in [0.15, 0.2) is 15.8 Å². The summed E-state index contributed by atoms with van der Waals surface area (Å²) in [6.45, 7) is 1.41. The molecule has 0 aromatic carbocycles. The molecule has 0 atom stereocenters. The van der Waals surface area contributed by atoms with Crippen LogP contribution >= 0.6 is 0 Å². The lowest BCUT2D eigenvalue weighted by molar-refractivity contribution is -0.387. The van der Waals surface area contributed by atoms with E-state index < -0.39 is 28.5 Å². The summed E-state index contributed by atoms with van der Waals surface area (Å²) in [7, 11) is 0. The van der Waals surface area contributed by atoms with E-state index in [0.29, 0.717) is 11.0 Å². The first-order valence-electron chi connectivity index (χ1n) is 5.12. The topological polar surface area (TPSA) is 107 Å². The summed E-state index contributed by atoms with van der Waals surface area (Å²) < 4.78 is 1.78. The van der Waals surface area contributed by atoms with Crippen molar-refractivity contribution in [2.24, 2.45) is 0 Å². The van der Waals surface area contributed by atoms with Crippen molar-refractivity contribution in [1.82, 2.24) is 9.13 Å². The van der Waals surface area contributed by atoms with Crippen LogP contribution in [0.2, 0.25) is 0 Å². The fourth-order valence-corrected chi connectivity index (χ4v) is 1.46. The number of nitro groups is 1. The highest BCUT2D eigenvalue weighted by atomic mass is 16.6. The van der Waals surface area contributed by atoms with Gasteiger partial charge in [-0.1, -0.05) is 6.92 Å². The van der Waals surface area contributed by atoms with E-state index in [-0.39, 0.29) is 13.1 Å². The van der Waals surface area contributed by atoms with E-state index in [1.807, 2.05) is 0 Å². The Bertz CT molecular complexity index is 530. The van der Waals surface area contributed by atoms with E-state index in [1.165, 1.54) is 0 Å². The lowest BCUT2D eigenvalue weighted by Crippen LogP contribution is -2.41. The monoisotopic (exact) mass is 243 g/mol. The van der Waals surface area contributed by atoms with Gasteiger partial charge in [0.15, 0.2) is 0 Å². The molecule has 1 heterocycles. The molecule has 1 rings (SSSR count). The van der Waals surface area contributed by atoms with Crippen LogP contribution in [-0.2, 0) is 13.1 Å². The molecule has 17 heavy (non-hydrogen) atoms. The highest BCUT2D eigenvalue weighted by molar-refractivity contribution is 5.21. The zero-order chi connectivity index (χ0) is 13.0. The van der Waals surface area contributed by atoms with Gasteiger partial charge in [0.1, 0.15) is 0 Å². The molecule has 0 fully saturated rings. The van der Waals surface area contributed by atoms with Gasteiger partial charge in [-0.3, -0.25) is 24.0 Å². The van der Waals surface area contributed by atoms with Crippen LogP contribution in [-0.4, -0.2) is 25.8 Å². The summed E-state index contributed by atoms with van der Waals surface area (Å²) >= 11 is 0. The minimum atomic E-state index is -0.985. The third-order valence-electron chi connectivity index (χ3n) is 2.20. The molecule has 0 bridgehead atoms. The smallest absolute Gasteiger partial charge is 0.350 e. The lowest BCUT2D eigenvalue weighted by atomic mass is 10.4. The number of hydrogen-bond donors (Lipinski definition) is 1. The van der Waals surface area contributed by atoms with Gasteiger partial charge in [0.05, 0.1) is 24.3 Å². The molecule has 0 aliphatic carbocycles. The quantitative estimate of drug-likeness (QED) is 0.544. The second-order valence-corrected chi connectivity index (χ2v) is 3.43. The van der Waals surface area contributed by atoms with Crippen molar-refractivity contribution >= 4 is 5.69 Å². The maximum atomic E-state index is 11.7. The average Bonchev–Trinajstić information content (AvgIpc) is 2.27. The van der Waals surface area contributed by atoms with Crippen LogP contribution in [0.5, 0.6) is 0 Å². The number of hydrogen-bond acceptors (Lipinski definition) is 5. The van der Waals surface area contributed by atoms with Crippen LogP contribution in [0.3, 0.4) is 0 Å². The van der Waals surface area contributed by atoms with E-state index >= 15 is 0 Å². The van der Waals surface area contributed by atoms with Crippen LogP contribution in [0.1, 0.15) is 13.3 Å². The predicted octanol–water partition coefficient (Wildman–Crippen LogP) is -0.680. The summed E-state index contributed by atoms with van der Waals surface area (Å²) in [5.74, 6) is 0. The summed E-state index contributed by atoms with van der Waals surface area (Å²) in [5, 5.41) is 19.4. The highest BCUT2D eigenvalue weighted by Crippen LogP contribution is 2.00. The van der Waals surface area contributed by atoms with Crippen LogP contribution in [0.4, 0.5) is 5.69 Å². The summed E-state index contributed by atoms with van der Waals surface area (Å²) in [6, 6.07) is 0. The molecule has 1 aromatic rings. The summed E-state index contributed by atoms with van der Waals surface area (Å²) in [5.41, 5.74) is -2.29. The molecule has 0 saturated heterocycles. The van der Waals surface area contributed by atoms with Gasteiger partial charge in [-0.2, -0.15) is 0 Å². The summed E-state index contributed by atoms with van der Waals surface area (Å²) in [4.78, 5) is 33.1. The molecule has 8 nitrogen and oxygen atoms in total. The minimum absolute atomic E-state index is 0.247. The molecule has 0 spiro atoms. The number of aliphatic hydroxyl groups is 1. The molecule has 0 aliphatic rings.